The number of fused-ring (bicyclic) bond motifs is 1. The fourth-order valence-electron chi connectivity index (χ4n) is 2.53. The Labute approximate surface area is 166 Å². The van der Waals surface area contributed by atoms with Crippen LogP contribution < -0.4 is 14.8 Å². The number of anilines is 1. The molecule has 6 nitrogen and oxygen atoms in total. The number of carbonyl (C=O) groups is 2. The predicted octanol–water partition coefficient (Wildman–Crippen LogP) is 3.71. The molecule has 1 aliphatic heterocycles. The molecule has 0 radical (unpaired) electrons. The molecule has 1 aliphatic rings. The molecular formula is C21H19F2NO5. The van der Waals surface area contributed by atoms with Gasteiger partial charge in [-0.05, 0) is 42.8 Å². The van der Waals surface area contributed by atoms with E-state index in [0.717, 1.165) is 18.6 Å². The minimum absolute atomic E-state index is 0.0551. The topological polar surface area (TPSA) is 73.9 Å². The standard InChI is InChI=1S/C21H19F2NO5/c1-13(21(26)24-15-5-6-16(22)17(23)12-15)29-20(25)8-4-14-3-7-18-19(11-14)28-10-2-9-27-18/h3-8,11-13H,2,9-10H2,1H3,(H,24,26)/b8-4+/t13-/m1/s1. The van der Waals surface area contributed by atoms with Crippen LogP contribution in [0, 0.1) is 11.6 Å². The maximum absolute atomic E-state index is 13.2. The molecule has 1 heterocycles. The molecule has 8 heteroatoms. The van der Waals surface area contributed by atoms with Gasteiger partial charge in [-0.15, -0.1) is 0 Å². The molecule has 0 saturated heterocycles. The molecular weight excluding hydrogens is 384 g/mol. The van der Waals surface area contributed by atoms with Gasteiger partial charge in [0.15, 0.2) is 29.2 Å². The van der Waals surface area contributed by atoms with E-state index in [4.69, 9.17) is 14.2 Å². The van der Waals surface area contributed by atoms with Crippen LogP contribution in [-0.2, 0) is 14.3 Å². The van der Waals surface area contributed by atoms with Crippen LogP contribution >= 0.6 is 0 Å². The van der Waals surface area contributed by atoms with Gasteiger partial charge in [0.2, 0.25) is 0 Å². The van der Waals surface area contributed by atoms with Crippen LogP contribution in [0.25, 0.3) is 6.08 Å². The van der Waals surface area contributed by atoms with E-state index < -0.39 is 29.6 Å². The summed E-state index contributed by atoms with van der Waals surface area (Å²) in [6.45, 7) is 2.50. The molecule has 29 heavy (non-hydrogen) atoms. The van der Waals surface area contributed by atoms with E-state index in [2.05, 4.69) is 5.32 Å². The fraction of sp³-hybridized carbons (Fsp3) is 0.238. The summed E-state index contributed by atoms with van der Waals surface area (Å²) in [5.74, 6) is -2.28. The van der Waals surface area contributed by atoms with Gasteiger partial charge in [-0.25, -0.2) is 13.6 Å². The first-order chi connectivity index (χ1) is 13.9. The highest BCUT2D eigenvalue weighted by molar-refractivity contribution is 5.96. The van der Waals surface area contributed by atoms with Gasteiger partial charge in [0.25, 0.3) is 5.91 Å². The summed E-state index contributed by atoms with van der Waals surface area (Å²) in [6, 6.07) is 8.18. The van der Waals surface area contributed by atoms with Crippen LogP contribution in [0.4, 0.5) is 14.5 Å². The lowest BCUT2D eigenvalue weighted by Gasteiger charge is -2.12. The number of halogens is 2. The van der Waals surface area contributed by atoms with Crippen LogP contribution in [0.5, 0.6) is 11.5 Å². The minimum Gasteiger partial charge on any atom is -0.490 e. The summed E-state index contributed by atoms with van der Waals surface area (Å²) in [5, 5.41) is 2.35. The quantitative estimate of drug-likeness (QED) is 0.609. The zero-order chi connectivity index (χ0) is 20.8. The highest BCUT2D eigenvalue weighted by Gasteiger charge is 2.17. The minimum atomic E-state index is -1.14. The maximum Gasteiger partial charge on any atom is 0.331 e. The lowest BCUT2D eigenvalue weighted by atomic mass is 10.2. The first-order valence-corrected chi connectivity index (χ1v) is 8.96. The third kappa shape index (κ3) is 5.54. The average Bonchev–Trinajstić information content (AvgIpc) is 2.94. The van der Waals surface area contributed by atoms with E-state index >= 15 is 0 Å². The summed E-state index contributed by atoms with van der Waals surface area (Å²) in [5.41, 5.74) is 0.754. The Morgan fingerprint density at radius 2 is 1.83 bits per heavy atom. The molecule has 0 aromatic heterocycles. The van der Waals surface area contributed by atoms with Crippen molar-refractivity contribution >= 4 is 23.6 Å². The van der Waals surface area contributed by atoms with E-state index in [9.17, 15) is 18.4 Å². The number of benzene rings is 2. The van der Waals surface area contributed by atoms with Crippen LogP contribution in [0.1, 0.15) is 18.9 Å². The van der Waals surface area contributed by atoms with E-state index in [1.807, 2.05) is 0 Å². The largest absolute Gasteiger partial charge is 0.490 e. The van der Waals surface area contributed by atoms with Crippen molar-refractivity contribution in [1.29, 1.82) is 0 Å². The Kier molecular flexibility index (Phi) is 6.43. The number of rotatable bonds is 5. The highest BCUT2D eigenvalue weighted by atomic mass is 19.2. The summed E-state index contributed by atoms with van der Waals surface area (Å²) < 4.78 is 42.3. The second kappa shape index (κ2) is 9.18. The molecule has 0 unspecified atom stereocenters. The molecule has 3 rings (SSSR count). The SMILES string of the molecule is C[C@@H](OC(=O)/C=C/c1ccc2c(c1)OCCCO2)C(=O)Nc1ccc(F)c(F)c1. The molecule has 1 N–H and O–H groups in total. The van der Waals surface area contributed by atoms with Gasteiger partial charge in [0.05, 0.1) is 13.2 Å². The van der Waals surface area contributed by atoms with Crippen LogP contribution in [0.3, 0.4) is 0 Å². The van der Waals surface area contributed by atoms with Gasteiger partial charge in [-0.3, -0.25) is 4.79 Å². The van der Waals surface area contributed by atoms with Crippen molar-refractivity contribution in [3.63, 3.8) is 0 Å². The Bertz CT molecular complexity index is 945. The van der Waals surface area contributed by atoms with Crippen LogP contribution in [-0.4, -0.2) is 31.2 Å². The third-order valence-electron chi connectivity index (χ3n) is 4.03. The first-order valence-electron chi connectivity index (χ1n) is 8.96. The predicted molar refractivity (Wildman–Crippen MR) is 102 cm³/mol. The van der Waals surface area contributed by atoms with Gasteiger partial charge in [0, 0.05) is 24.3 Å². The first kappa shape index (κ1) is 20.3. The van der Waals surface area contributed by atoms with Crippen molar-refractivity contribution in [2.75, 3.05) is 18.5 Å². The highest BCUT2D eigenvalue weighted by Crippen LogP contribution is 2.30. The zero-order valence-corrected chi connectivity index (χ0v) is 15.6. The monoisotopic (exact) mass is 403 g/mol. The summed E-state index contributed by atoms with van der Waals surface area (Å²) in [4.78, 5) is 24.0. The summed E-state index contributed by atoms with van der Waals surface area (Å²) >= 11 is 0. The Morgan fingerprint density at radius 3 is 2.59 bits per heavy atom. The number of hydrogen-bond acceptors (Lipinski definition) is 5. The molecule has 0 fully saturated rings. The van der Waals surface area contributed by atoms with Gasteiger partial charge in [-0.1, -0.05) is 6.07 Å². The van der Waals surface area contributed by atoms with Crippen molar-refractivity contribution in [3.8, 4) is 11.5 Å². The number of nitrogens with one attached hydrogen (secondary N) is 1. The van der Waals surface area contributed by atoms with Crippen molar-refractivity contribution < 1.29 is 32.6 Å². The van der Waals surface area contributed by atoms with E-state index in [1.165, 1.54) is 25.1 Å². The lowest BCUT2D eigenvalue weighted by Crippen LogP contribution is -2.29. The number of hydrogen-bond donors (Lipinski definition) is 1. The smallest absolute Gasteiger partial charge is 0.331 e. The van der Waals surface area contributed by atoms with Crippen LogP contribution in [0.15, 0.2) is 42.5 Å². The van der Waals surface area contributed by atoms with Crippen molar-refractivity contribution in [2.45, 2.75) is 19.4 Å². The third-order valence-corrected chi connectivity index (χ3v) is 4.03. The summed E-state index contributed by atoms with van der Waals surface area (Å²) in [6.07, 6.45) is 2.36. The van der Waals surface area contributed by atoms with Crippen molar-refractivity contribution in [2.24, 2.45) is 0 Å². The van der Waals surface area contributed by atoms with E-state index in [1.54, 1.807) is 18.2 Å². The van der Waals surface area contributed by atoms with Crippen LogP contribution in [0.2, 0.25) is 0 Å². The zero-order valence-electron chi connectivity index (χ0n) is 15.6. The van der Waals surface area contributed by atoms with Gasteiger partial charge >= 0.3 is 5.97 Å². The number of amides is 1. The van der Waals surface area contributed by atoms with E-state index in [0.29, 0.717) is 30.3 Å². The van der Waals surface area contributed by atoms with Crippen molar-refractivity contribution in [3.05, 3.63) is 59.7 Å². The Hall–Kier alpha value is -3.42. The number of ether oxygens (including phenoxy) is 3. The van der Waals surface area contributed by atoms with Gasteiger partial charge in [0.1, 0.15) is 0 Å². The molecule has 2 aromatic carbocycles. The second-order valence-corrected chi connectivity index (χ2v) is 6.29. The molecule has 2 aromatic rings. The van der Waals surface area contributed by atoms with Gasteiger partial charge < -0.3 is 19.5 Å². The lowest BCUT2D eigenvalue weighted by molar-refractivity contribution is -0.148. The van der Waals surface area contributed by atoms with Gasteiger partial charge in [-0.2, -0.15) is 0 Å². The number of carbonyl (C=O) groups excluding carboxylic acids is 2. The molecule has 0 aliphatic carbocycles. The molecule has 0 spiro atoms. The molecule has 152 valence electrons. The average molecular weight is 403 g/mol. The molecule has 0 bridgehead atoms. The molecule has 1 atom stereocenters. The number of esters is 1. The Morgan fingerprint density at radius 1 is 1.07 bits per heavy atom. The molecule has 0 saturated carbocycles. The second-order valence-electron chi connectivity index (χ2n) is 6.29. The summed E-state index contributed by atoms with van der Waals surface area (Å²) in [7, 11) is 0. The Balaban J connectivity index is 1.56. The van der Waals surface area contributed by atoms with E-state index in [-0.39, 0.29) is 5.69 Å². The fourth-order valence-corrected chi connectivity index (χ4v) is 2.53. The van der Waals surface area contributed by atoms with Crippen molar-refractivity contribution in [1.82, 2.24) is 0 Å². The maximum atomic E-state index is 13.2. The normalized spacial score (nSPS) is 14.2. The molecule has 1 amide bonds.